The standard InChI is InChI=1S/C15H24N4O/c1-4-17-15(20)13-6-5-11(16)9-14(13)19-8-7-12(10-19)18(2)3/h5-6,9,12H,4,7-8,10,16H2,1-3H3,(H,17,20). The van der Waals surface area contributed by atoms with E-state index < -0.39 is 0 Å². The Morgan fingerprint density at radius 2 is 2.25 bits per heavy atom. The van der Waals surface area contributed by atoms with E-state index in [1.54, 1.807) is 6.07 Å². The van der Waals surface area contributed by atoms with Crippen LogP contribution in [0.1, 0.15) is 23.7 Å². The fourth-order valence-electron chi connectivity index (χ4n) is 2.64. The number of carbonyl (C=O) groups is 1. The average molecular weight is 276 g/mol. The summed E-state index contributed by atoms with van der Waals surface area (Å²) in [6, 6.07) is 6.04. The Bertz CT molecular complexity index is 487. The largest absolute Gasteiger partial charge is 0.399 e. The van der Waals surface area contributed by atoms with Crippen LogP contribution in [-0.2, 0) is 0 Å². The Hall–Kier alpha value is -1.75. The van der Waals surface area contributed by atoms with Crippen molar-refractivity contribution in [1.29, 1.82) is 0 Å². The number of amides is 1. The Labute approximate surface area is 120 Å². The third-order valence-electron chi connectivity index (χ3n) is 3.84. The van der Waals surface area contributed by atoms with E-state index in [-0.39, 0.29) is 5.91 Å². The fraction of sp³-hybridized carbons (Fsp3) is 0.533. The van der Waals surface area contributed by atoms with E-state index >= 15 is 0 Å². The molecule has 5 heteroatoms. The summed E-state index contributed by atoms with van der Waals surface area (Å²) in [5.41, 5.74) is 8.24. The maximum Gasteiger partial charge on any atom is 0.253 e. The number of hydrogen-bond acceptors (Lipinski definition) is 4. The lowest BCUT2D eigenvalue weighted by Gasteiger charge is -2.24. The minimum Gasteiger partial charge on any atom is -0.399 e. The van der Waals surface area contributed by atoms with Crippen LogP contribution < -0.4 is 16.0 Å². The zero-order chi connectivity index (χ0) is 14.7. The summed E-state index contributed by atoms with van der Waals surface area (Å²) in [5, 5.41) is 2.86. The predicted octanol–water partition coefficient (Wildman–Crippen LogP) is 1.16. The molecule has 1 unspecified atom stereocenters. The number of nitrogens with zero attached hydrogens (tertiary/aromatic N) is 2. The van der Waals surface area contributed by atoms with Gasteiger partial charge in [0.05, 0.1) is 11.3 Å². The molecule has 0 spiro atoms. The molecule has 5 nitrogen and oxygen atoms in total. The summed E-state index contributed by atoms with van der Waals surface area (Å²) in [5.74, 6) is -0.0317. The van der Waals surface area contributed by atoms with Gasteiger partial charge in [0.25, 0.3) is 5.91 Å². The molecule has 1 atom stereocenters. The Morgan fingerprint density at radius 3 is 2.85 bits per heavy atom. The molecular formula is C15H24N4O. The van der Waals surface area contributed by atoms with Gasteiger partial charge in [0.1, 0.15) is 0 Å². The number of likely N-dealkylation sites (N-methyl/N-ethyl adjacent to an activating group) is 1. The lowest BCUT2D eigenvalue weighted by Crippen LogP contribution is -2.32. The molecule has 0 aliphatic carbocycles. The number of nitrogens with one attached hydrogen (secondary N) is 1. The highest BCUT2D eigenvalue weighted by Crippen LogP contribution is 2.28. The van der Waals surface area contributed by atoms with Gasteiger partial charge in [-0.1, -0.05) is 0 Å². The first kappa shape index (κ1) is 14.7. The van der Waals surface area contributed by atoms with Gasteiger partial charge in [-0.05, 0) is 45.6 Å². The summed E-state index contributed by atoms with van der Waals surface area (Å²) in [6.45, 7) is 4.44. The molecule has 0 aromatic heterocycles. The molecule has 3 N–H and O–H groups in total. The van der Waals surface area contributed by atoms with Crippen molar-refractivity contribution in [2.45, 2.75) is 19.4 Å². The van der Waals surface area contributed by atoms with Gasteiger partial charge in [-0.3, -0.25) is 4.79 Å². The normalized spacial score (nSPS) is 18.6. The van der Waals surface area contributed by atoms with Crippen molar-refractivity contribution >= 4 is 17.3 Å². The number of nitrogens with two attached hydrogens (primary N) is 1. The molecule has 0 bridgehead atoms. The molecule has 1 heterocycles. The van der Waals surface area contributed by atoms with Gasteiger partial charge in [0, 0.05) is 31.4 Å². The van der Waals surface area contributed by atoms with Gasteiger partial charge in [0.15, 0.2) is 0 Å². The molecule has 110 valence electrons. The quantitative estimate of drug-likeness (QED) is 0.810. The van der Waals surface area contributed by atoms with E-state index in [1.807, 2.05) is 19.1 Å². The van der Waals surface area contributed by atoms with E-state index in [0.717, 1.165) is 25.2 Å². The number of benzene rings is 1. The molecule has 0 radical (unpaired) electrons. The summed E-state index contributed by atoms with van der Waals surface area (Å²) in [4.78, 5) is 16.6. The molecule has 1 amide bonds. The Kier molecular flexibility index (Phi) is 4.49. The van der Waals surface area contributed by atoms with Gasteiger partial charge in [-0.25, -0.2) is 0 Å². The smallest absolute Gasteiger partial charge is 0.253 e. The van der Waals surface area contributed by atoms with Crippen LogP contribution in [0, 0.1) is 0 Å². The number of nitrogen functional groups attached to an aromatic ring is 1. The third-order valence-corrected chi connectivity index (χ3v) is 3.84. The van der Waals surface area contributed by atoms with Crippen LogP contribution in [-0.4, -0.2) is 50.6 Å². The molecular weight excluding hydrogens is 252 g/mol. The summed E-state index contributed by atoms with van der Waals surface area (Å²) in [7, 11) is 4.19. The van der Waals surface area contributed by atoms with E-state index in [0.29, 0.717) is 23.8 Å². The van der Waals surface area contributed by atoms with Crippen LogP contribution in [0.2, 0.25) is 0 Å². The predicted molar refractivity (Wildman–Crippen MR) is 83.2 cm³/mol. The molecule has 0 saturated carbocycles. The minimum atomic E-state index is -0.0317. The van der Waals surface area contributed by atoms with Crippen LogP contribution in [0.5, 0.6) is 0 Å². The van der Waals surface area contributed by atoms with Crippen molar-refractivity contribution in [1.82, 2.24) is 10.2 Å². The van der Waals surface area contributed by atoms with Crippen LogP contribution in [0.3, 0.4) is 0 Å². The summed E-state index contributed by atoms with van der Waals surface area (Å²) in [6.07, 6.45) is 1.11. The Balaban J connectivity index is 2.26. The van der Waals surface area contributed by atoms with E-state index in [1.165, 1.54) is 0 Å². The molecule has 1 aliphatic rings. The van der Waals surface area contributed by atoms with Crippen molar-refractivity contribution in [3.05, 3.63) is 23.8 Å². The van der Waals surface area contributed by atoms with Gasteiger partial charge in [0.2, 0.25) is 0 Å². The second-order valence-corrected chi connectivity index (χ2v) is 5.49. The van der Waals surface area contributed by atoms with Gasteiger partial charge in [-0.15, -0.1) is 0 Å². The molecule has 1 aliphatic heterocycles. The first-order valence-corrected chi connectivity index (χ1v) is 7.12. The zero-order valence-corrected chi connectivity index (χ0v) is 12.5. The maximum absolute atomic E-state index is 12.2. The van der Waals surface area contributed by atoms with E-state index in [9.17, 15) is 4.79 Å². The van der Waals surface area contributed by atoms with Crippen molar-refractivity contribution in [3.8, 4) is 0 Å². The second-order valence-electron chi connectivity index (χ2n) is 5.49. The molecule has 1 aromatic carbocycles. The number of rotatable bonds is 4. The fourth-order valence-corrected chi connectivity index (χ4v) is 2.64. The SMILES string of the molecule is CCNC(=O)c1ccc(N)cc1N1CCC(N(C)C)C1. The highest BCUT2D eigenvalue weighted by atomic mass is 16.1. The average Bonchev–Trinajstić information content (AvgIpc) is 2.88. The molecule has 20 heavy (non-hydrogen) atoms. The van der Waals surface area contributed by atoms with Crippen LogP contribution in [0.25, 0.3) is 0 Å². The van der Waals surface area contributed by atoms with E-state index in [2.05, 4.69) is 29.2 Å². The maximum atomic E-state index is 12.2. The first-order chi connectivity index (χ1) is 9.52. The number of anilines is 2. The first-order valence-electron chi connectivity index (χ1n) is 7.12. The monoisotopic (exact) mass is 276 g/mol. The third kappa shape index (κ3) is 3.04. The topological polar surface area (TPSA) is 61.6 Å². The molecule has 2 rings (SSSR count). The zero-order valence-electron chi connectivity index (χ0n) is 12.5. The highest BCUT2D eigenvalue weighted by Gasteiger charge is 2.26. The van der Waals surface area contributed by atoms with Gasteiger partial charge in [-0.2, -0.15) is 0 Å². The summed E-state index contributed by atoms with van der Waals surface area (Å²) >= 11 is 0. The highest BCUT2D eigenvalue weighted by molar-refractivity contribution is 6.00. The lowest BCUT2D eigenvalue weighted by atomic mass is 10.1. The second kappa shape index (κ2) is 6.13. The number of carbonyl (C=O) groups excluding carboxylic acids is 1. The molecule has 1 fully saturated rings. The van der Waals surface area contributed by atoms with E-state index in [4.69, 9.17) is 5.73 Å². The molecule has 1 saturated heterocycles. The van der Waals surface area contributed by atoms with Gasteiger partial charge >= 0.3 is 0 Å². The van der Waals surface area contributed by atoms with Crippen LogP contribution in [0.15, 0.2) is 18.2 Å². The van der Waals surface area contributed by atoms with Crippen molar-refractivity contribution in [2.75, 3.05) is 44.4 Å². The Morgan fingerprint density at radius 1 is 1.50 bits per heavy atom. The summed E-state index contributed by atoms with van der Waals surface area (Å²) < 4.78 is 0. The minimum absolute atomic E-state index is 0.0317. The van der Waals surface area contributed by atoms with Gasteiger partial charge < -0.3 is 20.9 Å². The van der Waals surface area contributed by atoms with Crippen molar-refractivity contribution in [3.63, 3.8) is 0 Å². The van der Waals surface area contributed by atoms with Crippen LogP contribution in [0.4, 0.5) is 11.4 Å². The lowest BCUT2D eigenvalue weighted by molar-refractivity contribution is 0.0956. The van der Waals surface area contributed by atoms with Crippen LogP contribution >= 0.6 is 0 Å². The van der Waals surface area contributed by atoms with Crippen molar-refractivity contribution < 1.29 is 4.79 Å². The number of hydrogen-bond donors (Lipinski definition) is 2. The van der Waals surface area contributed by atoms with Crippen molar-refractivity contribution in [2.24, 2.45) is 0 Å². The molecule has 1 aromatic rings.